The molecule has 2 amide bonds. The minimum Gasteiger partial charge on any atom is -0.494 e. The molecule has 4 N–H and O–H groups in total. The summed E-state index contributed by atoms with van der Waals surface area (Å²) in [6.45, 7) is 2.78. The van der Waals surface area contributed by atoms with Gasteiger partial charge in [0, 0.05) is 6.42 Å². The fraction of sp³-hybridized carbons (Fsp3) is 0.467. The van der Waals surface area contributed by atoms with Gasteiger partial charge >= 0.3 is 0 Å². The van der Waals surface area contributed by atoms with Crippen molar-refractivity contribution >= 4 is 11.8 Å². The van der Waals surface area contributed by atoms with Gasteiger partial charge in [0.05, 0.1) is 12.5 Å². The number of ether oxygens (including phenoxy) is 1. The number of benzene rings is 1. The molecule has 0 aliphatic rings. The number of nitrogens with two attached hydrogens (primary N) is 2. The van der Waals surface area contributed by atoms with Crippen molar-refractivity contribution in [2.45, 2.75) is 38.5 Å². The molecule has 0 bridgehead atoms. The van der Waals surface area contributed by atoms with Crippen LogP contribution in [0.3, 0.4) is 0 Å². The second-order valence-corrected chi connectivity index (χ2v) is 4.73. The molecule has 0 radical (unpaired) electrons. The Bertz CT molecular complexity index is 443. The maximum Gasteiger partial charge on any atom is 0.224 e. The monoisotopic (exact) mass is 278 g/mol. The van der Waals surface area contributed by atoms with E-state index in [1.54, 1.807) is 12.1 Å². The van der Waals surface area contributed by atoms with E-state index in [2.05, 4.69) is 6.92 Å². The Balaban J connectivity index is 2.67. The minimum absolute atomic E-state index is 0.141. The van der Waals surface area contributed by atoms with Crippen LogP contribution in [0.25, 0.3) is 0 Å². The molecule has 5 heteroatoms. The molecule has 0 saturated heterocycles. The van der Waals surface area contributed by atoms with Gasteiger partial charge in [0.25, 0.3) is 0 Å². The number of hydrogen-bond donors (Lipinski definition) is 2. The lowest BCUT2D eigenvalue weighted by Gasteiger charge is -2.13. The molecule has 0 aromatic heterocycles. The lowest BCUT2D eigenvalue weighted by atomic mass is 9.93. The fourth-order valence-corrected chi connectivity index (χ4v) is 1.89. The summed E-state index contributed by atoms with van der Waals surface area (Å²) in [6, 6.07) is 7.23. The molecule has 1 aromatic rings. The van der Waals surface area contributed by atoms with E-state index >= 15 is 0 Å². The van der Waals surface area contributed by atoms with Gasteiger partial charge in [0.1, 0.15) is 5.75 Å². The van der Waals surface area contributed by atoms with Gasteiger partial charge in [-0.15, -0.1) is 0 Å². The largest absolute Gasteiger partial charge is 0.494 e. The molecule has 1 rings (SSSR count). The normalized spacial score (nSPS) is 11.8. The van der Waals surface area contributed by atoms with Crippen LogP contribution in [-0.4, -0.2) is 18.4 Å². The fourth-order valence-electron chi connectivity index (χ4n) is 1.89. The van der Waals surface area contributed by atoms with Gasteiger partial charge in [-0.1, -0.05) is 25.5 Å². The molecule has 0 aliphatic heterocycles. The molecular formula is C15H22N2O3. The van der Waals surface area contributed by atoms with Crippen LogP contribution in [0, 0.1) is 0 Å². The molecule has 5 nitrogen and oxygen atoms in total. The Kier molecular flexibility index (Phi) is 6.56. The zero-order chi connectivity index (χ0) is 15.0. The van der Waals surface area contributed by atoms with E-state index in [9.17, 15) is 9.59 Å². The number of primary amides is 2. The quantitative estimate of drug-likeness (QED) is 0.673. The van der Waals surface area contributed by atoms with Crippen LogP contribution in [0.2, 0.25) is 0 Å². The van der Waals surface area contributed by atoms with Gasteiger partial charge in [-0.05, 0) is 30.5 Å². The first-order chi connectivity index (χ1) is 9.54. The topological polar surface area (TPSA) is 95.4 Å². The van der Waals surface area contributed by atoms with Crippen molar-refractivity contribution in [2.75, 3.05) is 6.61 Å². The first-order valence-electron chi connectivity index (χ1n) is 6.85. The molecule has 0 fully saturated rings. The summed E-state index contributed by atoms with van der Waals surface area (Å²) >= 11 is 0. The highest BCUT2D eigenvalue weighted by atomic mass is 16.5. The van der Waals surface area contributed by atoms with Crippen molar-refractivity contribution in [1.29, 1.82) is 0 Å². The maximum atomic E-state index is 11.4. The summed E-state index contributed by atoms with van der Waals surface area (Å²) in [5, 5.41) is 0. The van der Waals surface area contributed by atoms with Gasteiger partial charge in [-0.25, -0.2) is 0 Å². The van der Waals surface area contributed by atoms with E-state index in [-0.39, 0.29) is 6.42 Å². The Hall–Kier alpha value is -2.04. The first-order valence-corrected chi connectivity index (χ1v) is 6.85. The predicted octanol–water partition coefficient (Wildman–Crippen LogP) is 1.70. The molecular weight excluding hydrogens is 256 g/mol. The summed E-state index contributed by atoms with van der Waals surface area (Å²) in [5.74, 6) is -0.616. The van der Waals surface area contributed by atoms with Crippen LogP contribution >= 0.6 is 0 Å². The minimum atomic E-state index is -0.493. The molecule has 110 valence electrons. The zero-order valence-corrected chi connectivity index (χ0v) is 11.8. The van der Waals surface area contributed by atoms with Gasteiger partial charge in [0.15, 0.2) is 0 Å². The third-order valence-electron chi connectivity index (χ3n) is 3.07. The van der Waals surface area contributed by atoms with Crippen molar-refractivity contribution in [3.8, 4) is 5.75 Å². The smallest absolute Gasteiger partial charge is 0.224 e. The Morgan fingerprint density at radius 2 is 1.85 bits per heavy atom. The average Bonchev–Trinajstić information content (AvgIpc) is 2.40. The molecule has 0 spiro atoms. The van der Waals surface area contributed by atoms with E-state index in [1.165, 1.54) is 0 Å². The van der Waals surface area contributed by atoms with Crippen LogP contribution in [0.5, 0.6) is 5.75 Å². The lowest BCUT2D eigenvalue weighted by Crippen LogP contribution is -2.23. The average molecular weight is 278 g/mol. The van der Waals surface area contributed by atoms with Crippen molar-refractivity contribution in [3.63, 3.8) is 0 Å². The van der Waals surface area contributed by atoms with Crippen molar-refractivity contribution in [2.24, 2.45) is 11.5 Å². The SMILES string of the molecule is CCCCOc1ccc(C(CCC(N)=O)C(N)=O)cc1. The lowest BCUT2D eigenvalue weighted by molar-refractivity contribution is -0.120. The van der Waals surface area contributed by atoms with Crippen LogP contribution < -0.4 is 16.2 Å². The number of carbonyl (C=O) groups is 2. The van der Waals surface area contributed by atoms with E-state index in [1.807, 2.05) is 12.1 Å². The molecule has 20 heavy (non-hydrogen) atoms. The molecule has 1 unspecified atom stereocenters. The highest BCUT2D eigenvalue weighted by molar-refractivity contribution is 5.83. The number of rotatable bonds is 9. The second-order valence-electron chi connectivity index (χ2n) is 4.73. The van der Waals surface area contributed by atoms with E-state index < -0.39 is 17.7 Å². The number of hydrogen-bond acceptors (Lipinski definition) is 3. The Morgan fingerprint density at radius 3 is 2.35 bits per heavy atom. The highest BCUT2D eigenvalue weighted by Crippen LogP contribution is 2.23. The van der Waals surface area contributed by atoms with Crippen molar-refractivity contribution in [3.05, 3.63) is 29.8 Å². The zero-order valence-electron chi connectivity index (χ0n) is 11.8. The third kappa shape index (κ3) is 5.30. The van der Waals surface area contributed by atoms with E-state index in [0.717, 1.165) is 24.2 Å². The summed E-state index contributed by atoms with van der Waals surface area (Å²) < 4.78 is 5.55. The molecule has 0 aliphatic carbocycles. The second kappa shape index (κ2) is 8.19. The molecule has 1 atom stereocenters. The number of amides is 2. The maximum absolute atomic E-state index is 11.4. The number of unbranched alkanes of at least 4 members (excludes halogenated alkanes) is 1. The van der Waals surface area contributed by atoms with E-state index in [4.69, 9.17) is 16.2 Å². The van der Waals surface area contributed by atoms with Crippen molar-refractivity contribution < 1.29 is 14.3 Å². The number of carbonyl (C=O) groups excluding carboxylic acids is 2. The summed E-state index contributed by atoms with van der Waals surface area (Å²) in [4.78, 5) is 22.3. The van der Waals surface area contributed by atoms with Gasteiger partial charge in [-0.3, -0.25) is 9.59 Å². The third-order valence-corrected chi connectivity index (χ3v) is 3.07. The standard InChI is InChI=1S/C15H22N2O3/c1-2-3-10-20-12-6-4-11(5-7-12)13(15(17)19)8-9-14(16)18/h4-7,13H,2-3,8-10H2,1H3,(H2,16,18)(H2,17,19). The Labute approximate surface area is 119 Å². The van der Waals surface area contributed by atoms with Crippen molar-refractivity contribution in [1.82, 2.24) is 0 Å². The highest BCUT2D eigenvalue weighted by Gasteiger charge is 2.18. The van der Waals surface area contributed by atoms with Crippen LogP contribution in [0.15, 0.2) is 24.3 Å². The van der Waals surface area contributed by atoms with Gasteiger partial charge in [-0.2, -0.15) is 0 Å². The van der Waals surface area contributed by atoms with Gasteiger partial charge < -0.3 is 16.2 Å². The summed E-state index contributed by atoms with van der Waals surface area (Å²) in [5.41, 5.74) is 11.2. The Morgan fingerprint density at radius 1 is 1.20 bits per heavy atom. The molecule has 0 saturated carbocycles. The molecule has 1 aromatic carbocycles. The van der Waals surface area contributed by atoms with E-state index in [0.29, 0.717) is 13.0 Å². The summed E-state index contributed by atoms with van der Waals surface area (Å²) in [7, 11) is 0. The first kappa shape index (κ1) is 16.0. The van der Waals surface area contributed by atoms with Crippen LogP contribution in [0.4, 0.5) is 0 Å². The van der Waals surface area contributed by atoms with Crippen LogP contribution in [-0.2, 0) is 9.59 Å². The molecule has 0 heterocycles. The summed E-state index contributed by atoms with van der Waals surface area (Å²) in [6.07, 6.45) is 2.56. The predicted molar refractivity (Wildman–Crippen MR) is 77.2 cm³/mol. The van der Waals surface area contributed by atoms with Crippen LogP contribution in [0.1, 0.15) is 44.1 Å². The van der Waals surface area contributed by atoms with Gasteiger partial charge in [0.2, 0.25) is 11.8 Å².